The standard InChI is InChI=1S/C20H32N2OS/c1-4-16-7-8-19(22-3)20(14-16)24-13-5-6-18(15-21-2)17-9-11-23-12-10-17/h7-8,14,17-18,21H,3-6,9-13,15H2,1-2H3. The maximum absolute atomic E-state index is 5.52. The molecule has 1 fully saturated rings. The van der Waals surface area contributed by atoms with Gasteiger partial charge in [-0.1, -0.05) is 13.0 Å². The van der Waals surface area contributed by atoms with Crippen LogP contribution in [0.2, 0.25) is 0 Å². The average molecular weight is 349 g/mol. The Kier molecular flexibility index (Phi) is 8.86. The second-order valence-corrected chi connectivity index (χ2v) is 7.71. The van der Waals surface area contributed by atoms with E-state index in [1.54, 1.807) is 0 Å². The summed E-state index contributed by atoms with van der Waals surface area (Å²) in [5.41, 5.74) is 2.40. The predicted molar refractivity (Wildman–Crippen MR) is 106 cm³/mol. The normalized spacial score (nSPS) is 16.9. The number of nitrogens with zero attached hydrogens (tertiary/aromatic N) is 1. The molecule has 1 aliphatic rings. The molecular weight excluding hydrogens is 316 g/mol. The van der Waals surface area contributed by atoms with Crippen molar-refractivity contribution in [2.24, 2.45) is 16.8 Å². The van der Waals surface area contributed by atoms with Crippen LogP contribution < -0.4 is 5.32 Å². The van der Waals surface area contributed by atoms with Crippen LogP contribution in [0.15, 0.2) is 28.1 Å². The summed E-state index contributed by atoms with van der Waals surface area (Å²) >= 11 is 1.93. The fraction of sp³-hybridized carbons (Fsp3) is 0.650. The van der Waals surface area contributed by atoms with Gasteiger partial charge in [-0.2, -0.15) is 0 Å². The van der Waals surface area contributed by atoms with Crippen LogP contribution in [0.4, 0.5) is 5.69 Å². The zero-order chi connectivity index (χ0) is 17.2. The third-order valence-corrected chi connectivity index (χ3v) is 6.11. The lowest BCUT2D eigenvalue weighted by Crippen LogP contribution is -2.30. The second kappa shape index (κ2) is 10.9. The summed E-state index contributed by atoms with van der Waals surface area (Å²) < 4.78 is 5.52. The van der Waals surface area contributed by atoms with Crippen LogP contribution in [-0.4, -0.2) is 39.3 Å². The molecule has 0 radical (unpaired) electrons. The molecule has 1 aromatic rings. The van der Waals surface area contributed by atoms with Crippen molar-refractivity contribution in [3.63, 3.8) is 0 Å². The highest BCUT2D eigenvalue weighted by atomic mass is 32.2. The summed E-state index contributed by atoms with van der Waals surface area (Å²) in [5.74, 6) is 2.75. The van der Waals surface area contributed by atoms with Crippen LogP contribution in [0.25, 0.3) is 0 Å². The van der Waals surface area contributed by atoms with E-state index in [0.29, 0.717) is 0 Å². The molecule has 1 atom stereocenters. The molecule has 1 aromatic carbocycles. The zero-order valence-corrected chi connectivity index (χ0v) is 16.0. The number of rotatable bonds is 10. The second-order valence-electron chi connectivity index (χ2n) is 6.57. The minimum atomic E-state index is 0.776. The fourth-order valence-corrected chi connectivity index (χ4v) is 4.55. The van der Waals surface area contributed by atoms with Crippen molar-refractivity contribution >= 4 is 24.2 Å². The monoisotopic (exact) mass is 348 g/mol. The highest BCUT2D eigenvalue weighted by Crippen LogP contribution is 2.33. The maximum Gasteiger partial charge on any atom is 0.0758 e. The van der Waals surface area contributed by atoms with Gasteiger partial charge in [0, 0.05) is 18.1 Å². The van der Waals surface area contributed by atoms with Crippen LogP contribution >= 0.6 is 11.8 Å². The summed E-state index contributed by atoms with van der Waals surface area (Å²) in [6.45, 7) is 8.91. The Bertz CT molecular complexity index is 500. The minimum absolute atomic E-state index is 0.776. The van der Waals surface area contributed by atoms with Crippen molar-refractivity contribution in [2.75, 3.05) is 32.6 Å². The first kappa shape index (κ1) is 19.5. The predicted octanol–water partition coefficient (Wildman–Crippen LogP) is 4.72. The SMILES string of the molecule is C=Nc1ccc(CC)cc1SCCCC(CNC)C1CCOCC1. The molecule has 0 aliphatic carbocycles. The zero-order valence-electron chi connectivity index (χ0n) is 15.2. The van der Waals surface area contributed by atoms with Gasteiger partial charge in [0.25, 0.3) is 0 Å². The minimum Gasteiger partial charge on any atom is -0.381 e. The topological polar surface area (TPSA) is 33.6 Å². The number of thioether (sulfide) groups is 1. The Morgan fingerprint density at radius 1 is 1.38 bits per heavy atom. The molecule has 24 heavy (non-hydrogen) atoms. The van der Waals surface area contributed by atoms with E-state index in [9.17, 15) is 0 Å². The van der Waals surface area contributed by atoms with Gasteiger partial charge < -0.3 is 10.1 Å². The number of hydrogen-bond donors (Lipinski definition) is 1. The molecule has 2 rings (SSSR count). The Balaban J connectivity index is 1.83. The quantitative estimate of drug-likeness (QED) is 0.377. The van der Waals surface area contributed by atoms with Crippen LogP contribution in [0.3, 0.4) is 0 Å². The number of aliphatic imine (C=N–C) groups is 1. The number of aryl methyl sites for hydroxylation is 1. The summed E-state index contributed by atoms with van der Waals surface area (Å²) in [6.07, 6.45) is 6.06. The van der Waals surface area contributed by atoms with Gasteiger partial charge >= 0.3 is 0 Å². The first-order valence-electron chi connectivity index (χ1n) is 9.23. The molecule has 0 amide bonds. The molecule has 0 saturated carbocycles. The van der Waals surface area contributed by atoms with E-state index in [-0.39, 0.29) is 0 Å². The van der Waals surface area contributed by atoms with Gasteiger partial charge in [-0.25, -0.2) is 0 Å². The number of hydrogen-bond acceptors (Lipinski definition) is 4. The summed E-state index contributed by atoms with van der Waals surface area (Å²) in [4.78, 5) is 5.45. The highest BCUT2D eigenvalue weighted by molar-refractivity contribution is 7.99. The first-order valence-corrected chi connectivity index (χ1v) is 10.2. The van der Waals surface area contributed by atoms with E-state index < -0.39 is 0 Å². The summed E-state index contributed by atoms with van der Waals surface area (Å²) in [5, 5.41) is 3.39. The molecule has 3 nitrogen and oxygen atoms in total. The molecule has 0 spiro atoms. The van der Waals surface area contributed by atoms with Crippen LogP contribution in [0.5, 0.6) is 0 Å². The van der Waals surface area contributed by atoms with E-state index in [4.69, 9.17) is 4.74 Å². The lowest BCUT2D eigenvalue weighted by molar-refractivity contribution is 0.0451. The van der Waals surface area contributed by atoms with Gasteiger partial charge in [0.15, 0.2) is 0 Å². The van der Waals surface area contributed by atoms with E-state index >= 15 is 0 Å². The van der Waals surface area contributed by atoms with Gasteiger partial charge in [0.2, 0.25) is 0 Å². The Hall–Kier alpha value is -0.840. The van der Waals surface area contributed by atoms with Gasteiger partial charge in [-0.3, -0.25) is 4.99 Å². The highest BCUT2D eigenvalue weighted by Gasteiger charge is 2.23. The smallest absolute Gasteiger partial charge is 0.0758 e. The third kappa shape index (κ3) is 5.91. The summed E-state index contributed by atoms with van der Waals surface area (Å²) in [6, 6.07) is 6.53. The van der Waals surface area contributed by atoms with Crippen LogP contribution in [-0.2, 0) is 11.2 Å². The molecule has 134 valence electrons. The van der Waals surface area contributed by atoms with Crippen molar-refractivity contribution in [3.05, 3.63) is 23.8 Å². The molecule has 4 heteroatoms. The Labute approximate surface area is 151 Å². The molecule has 1 unspecified atom stereocenters. The molecule has 1 N–H and O–H groups in total. The number of benzene rings is 1. The van der Waals surface area contributed by atoms with Gasteiger partial charge in [-0.05, 0) is 87.7 Å². The van der Waals surface area contributed by atoms with E-state index in [2.05, 4.69) is 49.2 Å². The van der Waals surface area contributed by atoms with Crippen LogP contribution in [0.1, 0.15) is 38.2 Å². The molecule has 0 bridgehead atoms. The fourth-order valence-electron chi connectivity index (χ4n) is 3.51. The first-order chi connectivity index (χ1) is 11.8. The molecule has 1 aliphatic heterocycles. The van der Waals surface area contributed by atoms with Crippen LogP contribution in [0, 0.1) is 11.8 Å². The van der Waals surface area contributed by atoms with Gasteiger partial charge in [0.05, 0.1) is 5.69 Å². The lowest BCUT2D eigenvalue weighted by atomic mass is 9.83. The van der Waals surface area contributed by atoms with Crippen molar-refractivity contribution in [3.8, 4) is 0 Å². The average Bonchev–Trinajstić information content (AvgIpc) is 2.64. The van der Waals surface area contributed by atoms with E-state index in [0.717, 1.165) is 49.5 Å². The van der Waals surface area contributed by atoms with Crippen molar-refractivity contribution in [2.45, 2.75) is 43.9 Å². The number of ether oxygens (including phenoxy) is 1. The van der Waals surface area contributed by atoms with E-state index in [1.165, 1.54) is 36.1 Å². The van der Waals surface area contributed by atoms with Crippen molar-refractivity contribution in [1.29, 1.82) is 0 Å². The van der Waals surface area contributed by atoms with Gasteiger partial charge in [-0.15, -0.1) is 11.8 Å². The Morgan fingerprint density at radius 3 is 2.83 bits per heavy atom. The summed E-state index contributed by atoms with van der Waals surface area (Å²) in [7, 11) is 2.07. The molecule has 1 saturated heterocycles. The Morgan fingerprint density at radius 2 is 2.17 bits per heavy atom. The van der Waals surface area contributed by atoms with E-state index in [1.807, 2.05) is 11.8 Å². The third-order valence-electron chi connectivity index (χ3n) is 4.98. The molecule has 1 heterocycles. The molecule has 0 aromatic heterocycles. The van der Waals surface area contributed by atoms with Gasteiger partial charge in [0.1, 0.15) is 0 Å². The van der Waals surface area contributed by atoms with Crippen molar-refractivity contribution < 1.29 is 4.74 Å². The number of nitrogens with one attached hydrogen (secondary N) is 1. The maximum atomic E-state index is 5.52. The molecular formula is C20H32N2OS. The lowest BCUT2D eigenvalue weighted by Gasteiger charge is -2.30. The largest absolute Gasteiger partial charge is 0.381 e. The van der Waals surface area contributed by atoms with Crippen molar-refractivity contribution in [1.82, 2.24) is 5.32 Å².